The number of hydrogen-bond acceptors (Lipinski definition) is 4. The number of hydrogen-bond donors (Lipinski definition) is 0. The van der Waals surface area contributed by atoms with Gasteiger partial charge in [0.15, 0.2) is 0 Å². The van der Waals surface area contributed by atoms with Crippen molar-refractivity contribution in [2.45, 2.75) is 155 Å². The van der Waals surface area contributed by atoms with Gasteiger partial charge in [0.1, 0.15) is 11.6 Å². The molecular formula is C84H82FN4OPt-3. The number of halogens is 1. The smallest absolute Gasteiger partial charge is 0.135 e. The van der Waals surface area contributed by atoms with Crippen molar-refractivity contribution < 1.29 is 30.2 Å². The van der Waals surface area contributed by atoms with Gasteiger partial charge in [-0.1, -0.05) is 216 Å². The van der Waals surface area contributed by atoms with Gasteiger partial charge < -0.3 is 19.1 Å². The molecule has 0 spiro atoms. The van der Waals surface area contributed by atoms with Gasteiger partial charge in [-0.25, -0.2) is 9.37 Å². The van der Waals surface area contributed by atoms with E-state index in [0.29, 0.717) is 23.3 Å². The van der Waals surface area contributed by atoms with Crippen LogP contribution >= 0.6 is 0 Å². The first-order valence-electron chi connectivity index (χ1n) is 32.9. The number of nitrogens with zero attached hydrogens (tertiary/aromatic N) is 4. The minimum absolute atomic E-state index is 0. The molecule has 91 heavy (non-hydrogen) atoms. The van der Waals surface area contributed by atoms with Crippen LogP contribution in [0.1, 0.15) is 166 Å². The fourth-order valence-corrected chi connectivity index (χ4v) is 14.5. The van der Waals surface area contributed by atoms with Crippen molar-refractivity contribution in [1.29, 1.82) is 0 Å². The summed E-state index contributed by atoms with van der Waals surface area (Å²) in [5.74, 6) is 2.70. The van der Waals surface area contributed by atoms with E-state index < -0.39 is 0 Å². The summed E-state index contributed by atoms with van der Waals surface area (Å²) in [5, 5.41) is 2.21. The molecule has 0 saturated heterocycles. The summed E-state index contributed by atoms with van der Waals surface area (Å²) >= 11 is 0. The topological polar surface area (TPSA) is 33.5 Å². The maximum Gasteiger partial charge on any atom is 0.135 e. The Hall–Kier alpha value is -8.05. The van der Waals surface area contributed by atoms with E-state index in [1.165, 1.54) is 97.6 Å². The average molecular weight is 1380 g/mol. The molecule has 2 aromatic heterocycles. The van der Waals surface area contributed by atoms with Gasteiger partial charge in [-0.3, -0.25) is 0 Å². The summed E-state index contributed by atoms with van der Waals surface area (Å²) < 4.78 is 24.8. The van der Waals surface area contributed by atoms with Gasteiger partial charge in [0.05, 0.1) is 0 Å². The Morgan fingerprint density at radius 2 is 1.07 bits per heavy atom. The second kappa shape index (κ2) is 24.9. The molecule has 9 aromatic carbocycles. The molecule has 2 fully saturated rings. The first-order valence-corrected chi connectivity index (χ1v) is 32.9. The number of pyridine rings is 1. The van der Waals surface area contributed by atoms with Crippen molar-refractivity contribution in [1.82, 2.24) is 9.55 Å². The van der Waals surface area contributed by atoms with Gasteiger partial charge in [-0.05, 0) is 169 Å². The monoisotopic (exact) mass is 1380 g/mol. The van der Waals surface area contributed by atoms with Crippen LogP contribution in [-0.2, 0) is 37.3 Å². The normalized spacial score (nSPS) is 15.1. The summed E-state index contributed by atoms with van der Waals surface area (Å²) in [7, 11) is 0. The van der Waals surface area contributed by atoms with Crippen molar-refractivity contribution in [2.75, 3.05) is 9.80 Å². The molecule has 0 unspecified atom stereocenters. The molecule has 0 amide bonds. The number of fused-ring (bicyclic) bond motifs is 4. The molecule has 0 atom stereocenters. The van der Waals surface area contributed by atoms with Gasteiger partial charge in [-0.2, -0.15) is 6.07 Å². The standard InChI is InChI=1S/C84H82FN4O.Pt/c1-82(2,3)62-42-43-86-79(51-62)89-75-33-20-19-30-71(75)72-41-40-67(53-78(72)89)90-68-47-61(80-69(56-26-15-11-16-27-56)31-23-32-70(80)57-28-17-12-18-29-57)46-66(52-68)87-54-88(77-35-22-21-34-76(77)87)81-73(58-36-38-65(85)39-37-58)48-59(55-24-13-10-14-25-55)49-74(81)60-44-63(83(4,5)6)50-64(45-60)84(7,8)9;/h10,13-14,19-25,30-51,54,56-57H,11-12,15-18,26-29H2,1-9H3;/q-3;. The zero-order valence-electron chi connectivity index (χ0n) is 54.2. The maximum absolute atomic E-state index is 15.2. The van der Waals surface area contributed by atoms with Crippen molar-refractivity contribution in [3.05, 3.63) is 247 Å². The predicted molar refractivity (Wildman–Crippen MR) is 374 cm³/mol. The van der Waals surface area contributed by atoms with Crippen LogP contribution in [0.2, 0.25) is 0 Å². The Balaban J connectivity index is 0.00000758. The molecule has 3 aliphatic rings. The Morgan fingerprint density at radius 3 is 1.70 bits per heavy atom. The van der Waals surface area contributed by atoms with E-state index in [2.05, 4.69) is 259 Å². The number of benzene rings is 9. The molecule has 7 heteroatoms. The number of rotatable bonds is 11. The molecular weight excluding hydrogens is 1300 g/mol. The van der Waals surface area contributed by atoms with Crippen LogP contribution in [0.15, 0.2) is 194 Å². The van der Waals surface area contributed by atoms with Gasteiger partial charge >= 0.3 is 0 Å². The number of aromatic nitrogens is 2. The Morgan fingerprint density at radius 1 is 0.473 bits per heavy atom. The first kappa shape index (κ1) is 61.8. The SMILES string of the molecule is CC(C)(C)c1cc(-c2cc(-c3ccccc3)cc(-c3ccc(F)cc3)c2N2[CH-]N(c3[c-]c(Oc4[c-]c5c(cc4)c4ccccc4n5-c4cc(C(C)(C)C)ccn4)cc(-c4c(C5CCCCC5)cccc4C4CCCCC4)c3)c3ccccc32)cc(C(C)(C)C)c1.[Pt]. The van der Waals surface area contributed by atoms with E-state index in [0.717, 1.165) is 89.3 Å². The van der Waals surface area contributed by atoms with E-state index in [9.17, 15) is 0 Å². The largest absolute Gasteiger partial charge is 0.509 e. The van der Waals surface area contributed by atoms with Crippen molar-refractivity contribution in [3.8, 4) is 61.8 Å². The molecule has 0 bridgehead atoms. The van der Waals surface area contributed by atoms with Crippen LogP contribution in [0.5, 0.6) is 11.5 Å². The van der Waals surface area contributed by atoms with Crippen LogP contribution < -0.4 is 14.5 Å². The first-order chi connectivity index (χ1) is 43.4. The number of ether oxygens (including phenoxy) is 1. The molecule has 1 aliphatic heterocycles. The molecule has 14 rings (SSSR count). The third-order valence-electron chi connectivity index (χ3n) is 19.4. The molecule has 2 aliphatic carbocycles. The molecule has 0 N–H and O–H groups in total. The minimum atomic E-state index is -0.273. The zero-order valence-corrected chi connectivity index (χ0v) is 56.4. The fraction of sp³-hybridized carbons (Fsp3) is 0.286. The summed E-state index contributed by atoms with van der Waals surface area (Å²) in [5.41, 5.74) is 20.9. The predicted octanol–water partition coefficient (Wildman–Crippen LogP) is 23.8. The van der Waals surface area contributed by atoms with E-state index in [1.54, 1.807) is 12.1 Å². The Bertz CT molecular complexity index is 4400. The molecule has 464 valence electrons. The van der Waals surface area contributed by atoms with Gasteiger partial charge in [0.25, 0.3) is 0 Å². The molecule has 5 nitrogen and oxygen atoms in total. The van der Waals surface area contributed by atoms with Gasteiger partial charge in [0.2, 0.25) is 0 Å². The van der Waals surface area contributed by atoms with Crippen LogP contribution in [-0.4, -0.2) is 9.55 Å². The summed E-state index contributed by atoms with van der Waals surface area (Å²) in [4.78, 5) is 9.72. The third-order valence-corrected chi connectivity index (χ3v) is 19.4. The van der Waals surface area contributed by atoms with E-state index >= 15 is 4.39 Å². The number of anilines is 4. The van der Waals surface area contributed by atoms with E-state index in [-0.39, 0.29) is 43.1 Å². The van der Waals surface area contributed by atoms with Crippen molar-refractivity contribution >= 4 is 44.6 Å². The Labute approximate surface area is 553 Å². The van der Waals surface area contributed by atoms with E-state index in [4.69, 9.17) is 9.72 Å². The van der Waals surface area contributed by atoms with Gasteiger partial charge in [-0.15, -0.1) is 53.6 Å². The number of para-hydroxylation sites is 3. The summed E-state index contributed by atoms with van der Waals surface area (Å²) in [6.45, 7) is 22.8. The van der Waals surface area contributed by atoms with Crippen LogP contribution in [0, 0.1) is 24.6 Å². The van der Waals surface area contributed by atoms with Crippen molar-refractivity contribution in [3.63, 3.8) is 0 Å². The molecule has 0 radical (unpaired) electrons. The Kier molecular flexibility index (Phi) is 16.9. The van der Waals surface area contributed by atoms with Crippen LogP contribution in [0.4, 0.5) is 27.1 Å². The van der Waals surface area contributed by atoms with E-state index in [1.807, 2.05) is 18.3 Å². The van der Waals surface area contributed by atoms with Crippen molar-refractivity contribution in [2.24, 2.45) is 0 Å². The third kappa shape index (κ3) is 12.2. The quantitative estimate of drug-likeness (QED) is 0.121. The average Bonchev–Trinajstić information content (AvgIpc) is 1.70. The minimum Gasteiger partial charge on any atom is -0.509 e. The second-order valence-corrected chi connectivity index (χ2v) is 28.7. The molecule has 2 saturated carbocycles. The summed E-state index contributed by atoms with van der Waals surface area (Å²) in [6.07, 6.45) is 14.2. The zero-order chi connectivity index (χ0) is 62.1. The second-order valence-electron chi connectivity index (χ2n) is 28.7. The van der Waals surface area contributed by atoms with Crippen LogP contribution in [0.25, 0.3) is 72.1 Å². The molecule has 3 heterocycles. The van der Waals surface area contributed by atoms with Gasteiger partial charge in [0, 0.05) is 72.5 Å². The summed E-state index contributed by atoms with van der Waals surface area (Å²) in [6, 6.07) is 75.1. The molecule has 11 aromatic rings. The maximum atomic E-state index is 15.2. The van der Waals surface area contributed by atoms with Crippen LogP contribution in [0.3, 0.4) is 0 Å². The fourth-order valence-electron chi connectivity index (χ4n) is 14.5.